The third-order valence-corrected chi connectivity index (χ3v) is 3.78. The lowest BCUT2D eigenvalue weighted by atomic mass is 10.1. The standard InChI is InChI=1S/C13H11Cl2F3N4O2/c1-6(7-2-3-8(14)9(15)4-7)19-10-20-11(23)22(12(24)21-10)5-13(16,17)18/h2-4,6H,5H2,1H3,(H2,19,20,21,23,24)/t6-/m0/s1. The number of hydrogen-bond donors (Lipinski definition) is 2. The van der Waals surface area contributed by atoms with E-state index in [4.69, 9.17) is 23.2 Å². The number of anilines is 1. The minimum absolute atomic E-state index is 0.0327. The fourth-order valence-electron chi connectivity index (χ4n) is 1.90. The van der Waals surface area contributed by atoms with E-state index in [0.717, 1.165) is 0 Å². The van der Waals surface area contributed by atoms with Crippen LogP contribution < -0.4 is 16.7 Å². The molecule has 6 nitrogen and oxygen atoms in total. The lowest BCUT2D eigenvalue weighted by molar-refractivity contribution is -0.142. The maximum atomic E-state index is 12.3. The van der Waals surface area contributed by atoms with Crippen LogP contribution in [-0.2, 0) is 6.54 Å². The maximum absolute atomic E-state index is 12.3. The predicted molar refractivity (Wildman–Crippen MR) is 83.7 cm³/mol. The summed E-state index contributed by atoms with van der Waals surface area (Å²) in [7, 11) is 0. The lowest BCUT2D eigenvalue weighted by Crippen LogP contribution is -2.41. The predicted octanol–water partition coefficient (Wildman–Crippen LogP) is 2.97. The van der Waals surface area contributed by atoms with Crippen molar-refractivity contribution in [2.75, 3.05) is 5.32 Å². The van der Waals surface area contributed by atoms with Crippen molar-refractivity contribution in [1.82, 2.24) is 14.5 Å². The van der Waals surface area contributed by atoms with E-state index < -0.39 is 30.1 Å². The van der Waals surface area contributed by atoms with E-state index in [2.05, 4.69) is 15.3 Å². The number of alkyl halides is 3. The number of nitrogens with zero attached hydrogens (tertiary/aromatic N) is 2. The monoisotopic (exact) mass is 382 g/mol. The lowest BCUT2D eigenvalue weighted by Gasteiger charge is -2.15. The molecule has 0 amide bonds. The molecule has 0 unspecified atom stereocenters. The van der Waals surface area contributed by atoms with E-state index in [0.29, 0.717) is 15.6 Å². The van der Waals surface area contributed by atoms with Crippen molar-refractivity contribution in [3.63, 3.8) is 0 Å². The Morgan fingerprint density at radius 2 is 1.96 bits per heavy atom. The molecule has 130 valence electrons. The zero-order valence-corrected chi connectivity index (χ0v) is 13.6. The molecular weight excluding hydrogens is 372 g/mol. The van der Waals surface area contributed by atoms with E-state index in [1.807, 2.05) is 0 Å². The van der Waals surface area contributed by atoms with Gasteiger partial charge in [-0.25, -0.2) is 14.2 Å². The van der Waals surface area contributed by atoms with Gasteiger partial charge in [0.05, 0.1) is 16.1 Å². The summed E-state index contributed by atoms with van der Waals surface area (Å²) >= 11 is 11.7. The van der Waals surface area contributed by atoms with Gasteiger partial charge in [0, 0.05) is 0 Å². The first-order valence-electron chi connectivity index (χ1n) is 6.56. The highest BCUT2D eigenvalue weighted by Crippen LogP contribution is 2.26. The Morgan fingerprint density at radius 3 is 2.50 bits per heavy atom. The Bertz CT molecular complexity index is 832. The molecule has 1 heterocycles. The van der Waals surface area contributed by atoms with Gasteiger partial charge in [0.1, 0.15) is 6.54 Å². The van der Waals surface area contributed by atoms with Gasteiger partial charge in [-0.3, -0.25) is 4.98 Å². The van der Waals surface area contributed by atoms with Crippen LogP contribution in [0.4, 0.5) is 19.1 Å². The molecule has 0 spiro atoms. The number of benzene rings is 1. The van der Waals surface area contributed by atoms with Gasteiger partial charge in [0.25, 0.3) is 0 Å². The molecule has 0 aliphatic rings. The fourth-order valence-corrected chi connectivity index (χ4v) is 2.20. The highest BCUT2D eigenvalue weighted by atomic mass is 35.5. The van der Waals surface area contributed by atoms with Crippen LogP contribution in [0.3, 0.4) is 0 Å². The third-order valence-electron chi connectivity index (χ3n) is 3.04. The summed E-state index contributed by atoms with van der Waals surface area (Å²) in [6, 6.07) is 4.36. The van der Waals surface area contributed by atoms with E-state index in [9.17, 15) is 22.8 Å². The molecule has 0 aliphatic carbocycles. The molecule has 1 aromatic carbocycles. The number of hydrogen-bond acceptors (Lipinski definition) is 4. The molecule has 0 saturated heterocycles. The van der Waals surface area contributed by atoms with E-state index in [1.165, 1.54) is 0 Å². The van der Waals surface area contributed by atoms with Gasteiger partial charge in [-0.2, -0.15) is 18.2 Å². The first-order chi connectivity index (χ1) is 11.1. The molecule has 2 rings (SSSR count). The van der Waals surface area contributed by atoms with Gasteiger partial charge < -0.3 is 5.32 Å². The van der Waals surface area contributed by atoms with Crippen LogP contribution in [0.25, 0.3) is 0 Å². The van der Waals surface area contributed by atoms with Crippen LogP contribution in [-0.4, -0.2) is 20.7 Å². The average molecular weight is 383 g/mol. The molecule has 0 aliphatic heterocycles. The molecule has 0 fully saturated rings. The van der Waals surface area contributed by atoms with Gasteiger partial charge in [0.2, 0.25) is 5.95 Å². The average Bonchev–Trinajstić information content (AvgIpc) is 2.45. The molecule has 24 heavy (non-hydrogen) atoms. The maximum Gasteiger partial charge on any atom is 0.406 e. The van der Waals surface area contributed by atoms with Crippen LogP contribution in [0, 0.1) is 0 Å². The topological polar surface area (TPSA) is 79.8 Å². The zero-order chi connectivity index (χ0) is 18.1. The first-order valence-corrected chi connectivity index (χ1v) is 7.32. The van der Waals surface area contributed by atoms with Crippen molar-refractivity contribution in [1.29, 1.82) is 0 Å². The summed E-state index contributed by atoms with van der Waals surface area (Å²) in [5, 5.41) is 3.38. The van der Waals surface area contributed by atoms with Crippen LogP contribution in [0.15, 0.2) is 27.8 Å². The van der Waals surface area contributed by atoms with Crippen molar-refractivity contribution in [3.8, 4) is 0 Å². The Kier molecular flexibility index (Phi) is 5.24. The Hall–Kier alpha value is -2.00. The number of rotatable bonds is 4. The van der Waals surface area contributed by atoms with E-state index in [1.54, 1.807) is 25.1 Å². The Labute approximate surface area is 143 Å². The normalized spacial score (nSPS) is 12.9. The third kappa shape index (κ3) is 4.51. The molecule has 1 atom stereocenters. The van der Waals surface area contributed by atoms with Crippen molar-refractivity contribution in [3.05, 3.63) is 54.8 Å². The molecule has 0 bridgehead atoms. The SMILES string of the molecule is C[C@H](Nc1nc(=O)n(CC(F)(F)F)c(=O)[nH]1)c1ccc(Cl)c(Cl)c1. The fraction of sp³-hybridized carbons (Fsp3) is 0.308. The van der Waals surface area contributed by atoms with Gasteiger partial charge in [-0.05, 0) is 24.6 Å². The smallest absolute Gasteiger partial charge is 0.349 e. The van der Waals surface area contributed by atoms with Crippen molar-refractivity contribution in [2.24, 2.45) is 0 Å². The van der Waals surface area contributed by atoms with Gasteiger partial charge >= 0.3 is 17.6 Å². The first kappa shape index (κ1) is 18.3. The van der Waals surface area contributed by atoms with Crippen LogP contribution >= 0.6 is 23.2 Å². The van der Waals surface area contributed by atoms with Crippen molar-refractivity contribution in [2.45, 2.75) is 25.7 Å². The summed E-state index contributed by atoms with van der Waals surface area (Å²) in [5.74, 6) is -0.248. The number of halogens is 5. The van der Waals surface area contributed by atoms with Gasteiger partial charge in [-0.15, -0.1) is 0 Å². The van der Waals surface area contributed by atoms with Crippen LogP contribution in [0.5, 0.6) is 0 Å². The van der Waals surface area contributed by atoms with Gasteiger partial charge in [-0.1, -0.05) is 29.3 Å². The summed E-state index contributed by atoms with van der Waals surface area (Å²) in [4.78, 5) is 28.8. The minimum atomic E-state index is -4.71. The number of aromatic amines is 1. The van der Waals surface area contributed by atoms with Gasteiger partial charge in [0.15, 0.2) is 0 Å². The second-order valence-corrected chi connectivity index (χ2v) is 5.73. The number of aromatic nitrogens is 3. The van der Waals surface area contributed by atoms with Crippen LogP contribution in [0.1, 0.15) is 18.5 Å². The van der Waals surface area contributed by atoms with Crippen molar-refractivity contribution < 1.29 is 13.2 Å². The highest BCUT2D eigenvalue weighted by Gasteiger charge is 2.30. The number of nitrogens with one attached hydrogen (secondary N) is 2. The second kappa shape index (κ2) is 6.86. The van der Waals surface area contributed by atoms with Crippen LogP contribution in [0.2, 0.25) is 10.0 Å². The molecule has 11 heteroatoms. The molecule has 1 aromatic heterocycles. The summed E-state index contributed by atoms with van der Waals surface area (Å²) in [6.45, 7) is -0.0302. The quantitative estimate of drug-likeness (QED) is 0.851. The number of H-pyrrole nitrogens is 1. The van der Waals surface area contributed by atoms with Crippen molar-refractivity contribution >= 4 is 29.2 Å². The summed E-state index contributed by atoms with van der Waals surface area (Å²) in [5.41, 5.74) is -1.84. The highest BCUT2D eigenvalue weighted by molar-refractivity contribution is 6.42. The van der Waals surface area contributed by atoms with E-state index >= 15 is 0 Å². The van der Waals surface area contributed by atoms with E-state index in [-0.39, 0.29) is 10.5 Å². The summed E-state index contributed by atoms with van der Waals surface area (Å²) in [6.07, 6.45) is -4.71. The minimum Gasteiger partial charge on any atom is -0.349 e. The molecule has 0 saturated carbocycles. The molecule has 0 radical (unpaired) electrons. The molecule has 2 aromatic rings. The summed E-state index contributed by atoms with van der Waals surface area (Å²) < 4.78 is 36.9. The Balaban J connectivity index is 2.26. The molecule has 2 N–H and O–H groups in total. The second-order valence-electron chi connectivity index (χ2n) is 4.91. The zero-order valence-electron chi connectivity index (χ0n) is 12.1. The molecular formula is C13H11Cl2F3N4O2. The Morgan fingerprint density at radius 1 is 1.29 bits per heavy atom. The largest absolute Gasteiger partial charge is 0.406 e.